The number of amides is 2. The van der Waals surface area contributed by atoms with Gasteiger partial charge in [-0.3, -0.25) is 0 Å². The van der Waals surface area contributed by atoms with Crippen molar-refractivity contribution in [1.82, 2.24) is 15.0 Å². The second-order valence-electron chi connectivity index (χ2n) is 5.96. The van der Waals surface area contributed by atoms with Crippen molar-refractivity contribution >= 4 is 27.6 Å². The van der Waals surface area contributed by atoms with Gasteiger partial charge in [-0.05, 0) is 47.1 Å². The lowest BCUT2D eigenvalue weighted by molar-refractivity contribution is 0.222. The van der Waals surface area contributed by atoms with Gasteiger partial charge in [-0.15, -0.1) is 0 Å². The molecule has 1 heterocycles. The Balaban J connectivity index is 1.56. The smallest absolute Gasteiger partial charge is 0.321 e. The molecule has 2 amide bonds. The number of aryl methyl sites for hydroxylation is 1. The largest absolute Gasteiger partial charge is 0.334 e. The molecule has 6 nitrogen and oxygen atoms in total. The summed E-state index contributed by atoms with van der Waals surface area (Å²) in [4.78, 5) is 18.3. The number of likely N-dealkylation sites (N-methyl/N-ethyl adjacent to an activating group) is 1. The Hall–Kier alpha value is -2.67. The summed E-state index contributed by atoms with van der Waals surface area (Å²) < 4.78 is 6.14. The van der Waals surface area contributed by atoms with Gasteiger partial charge in [0.05, 0.1) is 5.69 Å². The Morgan fingerprint density at radius 3 is 2.65 bits per heavy atom. The minimum atomic E-state index is -0.195. The van der Waals surface area contributed by atoms with E-state index in [1.54, 1.807) is 11.9 Å². The number of benzene rings is 2. The molecule has 0 fully saturated rings. The van der Waals surface area contributed by atoms with E-state index in [9.17, 15) is 4.79 Å². The van der Waals surface area contributed by atoms with E-state index in [0.717, 1.165) is 15.7 Å². The molecule has 0 atom stereocenters. The van der Waals surface area contributed by atoms with Gasteiger partial charge in [0, 0.05) is 30.0 Å². The number of hydrogen-bond donors (Lipinski definition) is 1. The minimum absolute atomic E-state index is 0.195. The van der Waals surface area contributed by atoms with Gasteiger partial charge < -0.3 is 14.7 Å². The number of urea groups is 1. The average molecular weight is 415 g/mol. The van der Waals surface area contributed by atoms with Crippen LogP contribution >= 0.6 is 15.9 Å². The number of aromatic nitrogens is 2. The van der Waals surface area contributed by atoms with Crippen LogP contribution in [0.5, 0.6) is 0 Å². The first-order chi connectivity index (χ1) is 12.5. The number of nitrogens with one attached hydrogen (secondary N) is 1. The van der Waals surface area contributed by atoms with E-state index in [-0.39, 0.29) is 6.03 Å². The minimum Gasteiger partial charge on any atom is -0.334 e. The van der Waals surface area contributed by atoms with Crippen molar-refractivity contribution in [1.29, 1.82) is 0 Å². The molecule has 0 saturated heterocycles. The monoisotopic (exact) mass is 414 g/mol. The summed E-state index contributed by atoms with van der Waals surface area (Å²) in [7, 11) is 1.73. The van der Waals surface area contributed by atoms with Crippen LogP contribution in [0.15, 0.2) is 57.5 Å². The first-order valence-corrected chi connectivity index (χ1v) is 8.98. The molecule has 0 spiro atoms. The van der Waals surface area contributed by atoms with Crippen LogP contribution in [0.1, 0.15) is 11.4 Å². The van der Waals surface area contributed by atoms with Crippen molar-refractivity contribution in [2.75, 3.05) is 18.9 Å². The van der Waals surface area contributed by atoms with Crippen LogP contribution in [0.3, 0.4) is 0 Å². The van der Waals surface area contributed by atoms with Crippen molar-refractivity contribution in [3.8, 4) is 11.5 Å². The molecule has 1 N–H and O–H groups in total. The van der Waals surface area contributed by atoms with Crippen molar-refractivity contribution in [3.63, 3.8) is 0 Å². The van der Waals surface area contributed by atoms with Crippen LogP contribution in [-0.4, -0.2) is 34.7 Å². The predicted octanol–water partition coefficient (Wildman–Crippen LogP) is 4.51. The van der Waals surface area contributed by atoms with Gasteiger partial charge >= 0.3 is 6.03 Å². The highest BCUT2D eigenvalue weighted by atomic mass is 79.9. The molecule has 0 radical (unpaired) electrons. The zero-order valence-corrected chi connectivity index (χ0v) is 16.2. The molecular formula is C19H19BrN4O2. The number of carbonyl (C=O) groups excluding carboxylic acids is 1. The summed E-state index contributed by atoms with van der Waals surface area (Å²) >= 11 is 3.41. The number of halogens is 1. The first-order valence-electron chi connectivity index (χ1n) is 8.19. The van der Waals surface area contributed by atoms with Crippen LogP contribution in [0.4, 0.5) is 10.5 Å². The van der Waals surface area contributed by atoms with Gasteiger partial charge in [0.1, 0.15) is 0 Å². The number of anilines is 1. The maximum absolute atomic E-state index is 12.3. The maximum Gasteiger partial charge on any atom is 0.321 e. The molecule has 7 heteroatoms. The fourth-order valence-electron chi connectivity index (χ4n) is 2.31. The summed E-state index contributed by atoms with van der Waals surface area (Å²) in [6.07, 6.45) is 0.509. The summed E-state index contributed by atoms with van der Waals surface area (Å²) in [5, 5.41) is 6.85. The van der Waals surface area contributed by atoms with Crippen LogP contribution < -0.4 is 5.32 Å². The highest BCUT2D eigenvalue weighted by molar-refractivity contribution is 9.10. The topological polar surface area (TPSA) is 71.3 Å². The van der Waals surface area contributed by atoms with Crippen LogP contribution in [0, 0.1) is 6.92 Å². The van der Waals surface area contributed by atoms with Crippen molar-refractivity contribution < 1.29 is 9.32 Å². The van der Waals surface area contributed by atoms with Gasteiger partial charge in [0.2, 0.25) is 0 Å². The van der Waals surface area contributed by atoms with E-state index in [4.69, 9.17) is 4.52 Å². The second-order valence-corrected chi connectivity index (χ2v) is 6.82. The molecule has 1 aromatic heterocycles. The molecule has 3 rings (SSSR count). The fraction of sp³-hybridized carbons (Fsp3) is 0.211. The molecule has 26 heavy (non-hydrogen) atoms. The van der Waals surface area contributed by atoms with Gasteiger partial charge in [-0.1, -0.05) is 35.0 Å². The third-order valence-corrected chi connectivity index (χ3v) is 4.59. The van der Waals surface area contributed by atoms with Gasteiger partial charge in [-0.2, -0.15) is 4.98 Å². The molecule has 0 aliphatic heterocycles. The fourth-order valence-corrected chi connectivity index (χ4v) is 2.70. The zero-order chi connectivity index (χ0) is 18.5. The number of nitrogens with zero attached hydrogens (tertiary/aromatic N) is 3. The summed E-state index contributed by atoms with van der Waals surface area (Å²) in [6.45, 7) is 2.50. The normalized spacial score (nSPS) is 10.6. The van der Waals surface area contributed by atoms with Crippen molar-refractivity contribution in [2.45, 2.75) is 13.3 Å². The molecule has 0 aliphatic carbocycles. The lowest BCUT2D eigenvalue weighted by Gasteiger charge is -2.17. The molecule has 0 bridgehead atoms. The van der Waals surface area contributed by atoms with Crippen LogP contribution in [0.25, 0.3) is 11.5 Å². The molecule has 0 saturated carbocycles. The lowest BCUT2D eigenvalue weighted by atomic mass is 10.1. The number of para-hydroxylation sites is 1. The van der Waals surface area contributed by atoms with E-state index >= 15 is 0 Å². The predicted molar refractivity (Wildman–Crippen MR) is 104 cm³/mol. The Morgan fingerprint density at radius 2 is 1.92 bits per heavy atom. The molecular weight excluding hydrogens is 396 g/mol. The number of rotatable bonds is 5. The Bertz CT molecular complexity index is 893. The number of carbonyl (C=O) groups is 1. The molecule has 134 valence electrons. The van der Waals surface area contributed by atoms with Crippen LogP contribution in [0.2, 0.25) is 0 Å². The van der Waals surface area contributed by atoms with E-state index in [2.05, 4.69) is 31.4 Å². The Labute approximate surface area is 160 Å². The highest BCUT2D eigenvalue weighted by Gasteiger charge is 2.13. The third-order valence-electron chi connectivity index (χ3n) is 3.90. The molecule has 2 aromatic carbocycles. The van der Waals surface area contributed by atoms with E-state index in [0.29, 0.717) is 24.7 Å². The van der Waals surface area contributed by atoms with E-state index < -0.39 is 0 Å². The Morgan fingerprint density at radius 1 is 1.19 bits per heavy atom. The van der Waals surface area contributed by atoms with Gasteiger partial charge in [-0.25, -0.2) is 4.79 Å². The molecule has 3 aromatic rings. The van der Waals surface area contributed by atoms with Gasteiger partial charge in [0.25, 0.3) is 5.89 Å². The van der Waals surface area contributed by atoms with E-state index in [1.807, 2.05) is 55.5 Å². The second kappa shape index (κ2) is 8.14. The third kappa shape index (κ3) is 4.49. The Kier molecular flexibility index (Phi) is 5.68. The first kappa shape index (κ1) is 18.1. The zero-order valence-electron chi connectivity index (χ0n) is 14.6. The SMILES string of the molecule is Cc1ccc(-c2nc(CCN(C)C(=O)Nc3ccccc3Br)no2)cc1. The van der Waals surface area contributed by atoms with Crippen molar-refractivity contribution in [2.24, 2.45) is 0 Å². The number of hydrogen-bond acceptors (Lipinski definition) is 4. The summed E-state index contributed by atoms with van der Waals surface area (Å²) in [5.41, 5.74) is 2.78. The van der Waals surface area contributed by atoms with E-state index in [1.165, 1.54) is 5.56 Å². The molecule has 0 unspecified atom stereocenters. The lowest BCUT2D eigenvalue weighted by Crippen LogP contribution is -2.33. The van der Waals surface area contributed by atoms with Crippen LogP contribution in [-0.2, 0) is 6.42 Å². The quantitative estimate of drug-likeness (QED) is 0.666. The standard InChI is InChI=1S/C19H19BrN4O2/c1-13-7-9-14(10-8-13)18-22-17(23-26-18)11-12-24(2)19(25)21-16-6-4-3-5-15(16)20/h3-10H,11-12H2,1-2H3,(H,21,25). The molecule has 0 aliphatic rings. The summed E-state index contributed by atoms with van der Waals surface area (Å²) in [6, 6.07) is 15.2. The highest BCUT2D eigenvalue weighted by Crippen LogP contribution is 2.21. The van der Waals surface area contributed by atoms with Gasteiger partial charge in [0.15, 0.2) is 5.82 Å². The van der Waals surface area contributed by atoms with Crippen molar-refractivity contribution in [3.05, 3.63) is 64.4 Å². The average Bonchev–Trinajstić information content (AvgIpc) is 3.11. The summed E-state index contributed by atoms with van der Waals surface area (Å²) in [5.74, 6) is 1.06. The maximum atomic E-state index is 12.3.